The minimum absolute atomic E-state index is 0.277. The first-order valence-electron chi connectivity index (χ1n) is 6.40. The Labute approximate surface area is 108 Å². The third-order valence-electron chi connectivity index (χ3n) is 3.88. The molecular formula is C13H23N3S. The number of imidazole rings is 1. The first-order chi connectivity index (χ1) is 8.15. The Morgan fingerprint density at radius 1 is 1.65 bits per heavy atom. The Morgan fingerprint density at radius 2 is 2.47 bits per heavy atom. The molecule has 1 N–H and O–H groups in total. The first kappa shape index (κ1) is 13.0. The SMILES string of the molecule is CSC(C)CCn1cncc1C1(C)CCNC1. The van der Waals surface area contributed by atoms with Crippen molar-refractivity contribution in [3.8, 4) is 0 Å². The van der Waals surface area contributed by atoms with Crippen LogP contribution in [-0.2, 0) is 12.0 Å². The van der Waals surface area contributed by atoms with Gasteiger partial charge < -0.3 is 9.88 Å². The van der Waals surface area contributed by atoms with Crippen LogP contribution in [0.3, 0.4) is 0 Å². The molecule has 1 aromatic rings. The van der Waals surface area contributed by atoms with Crippen molar-refractivity contribution < 1.29 is 0 Å². The summed E-state index contributed by atoms with van der Waals surface area (Å²) in [7, 11) is 0. The van der Waals surface area contributed by atoms with Gasteiger partial charge in [-0.15, -0.1) is 0 Å². The van der Waals surface area contributed by atoms with Crippen molar-refractivity contribution in [2.75, 3.05) is 19.3 Å². The largest absolute Gasteiger partial charge is 0.334 e. The number of hydrogen-bond donors (Lipinski definition) is 1. The lowest BCUT2D eigenvalue weighted by Gasteiger charge is -2.24. The zero-order valence-electron chi connectivity index (χ0n) is 11.1. The monoisotopic (exact) mass is 253 g/mol. The minimum Gasteiger partial charge on any atom is -0.334 e. The van der Waals surface area contributed by atoms with E-state index >= 15 is 0 Å². The predicted molar refractivity (Wildman–Crippen MR) is 74.7 cm³/mol. The van der Waals surface area contributed by atoms with E-state index in [4.69, 9.17) is 0 Å². The van der Waals surface area contributed by atoms with Gasteiger partial charge in [0.1, 0.15) is 0 Å². The summed E-state index contributed by atoms with van der Waals surface area (Å²) >= 11 is 1.94. The molecule has 1 saturated heterocycles. The predicted octanol–water partition coefficient (Wildman–Crippen LogP) is 2.28. The Morgan fingerprint density at radius 3 is 3.12 bits per heavy atom. The molecule has 1 fully saturated rings. The molecule has 2 unspecified atom stereocenters. The average molecular weight is 253 g/mol. The number of rotatable bonds is 5. The molecule has 1 aliphatic heterocycles. The highest BCUT2D eigenvalue weighted by Crippen LogP contribution is 2.30. The summed E-state index contributed by atoms with van der Waals surface area (Å²) in [6.45, 7) is 7.94. The lowest BCUT2D eigenvalue weighted by atomic mass is 9.86. The fourth-order valence-electron chi connectivity index (χ4n) is 2.48. The highest BCUT2D eigenvalue weighted by Gasteiger charge is 2.33. The summed E-state index contributed by atoms with van der Waals surface area (Å²) in [5, 5.41) is 4.18. The molecule has 0 aromatic carbocycles. The van der Waals surface area contributed by atoms with E-state index in [-0.39, 0.29) is 5.41 Å². The van der Waals surface area contributed by atoms with Gasteiger partial charge in [0.05, 0.1) is 6.33 Å². The van der Waals surface area contributed by atoms with Crippen LogP contribution in [0.5, 0.6) is 0 Å². The van der Waals surface area contributed by atoms with Gasteiger partial charge in [0, 0.05) is 35.6 Å². The zero-order valence-corrected chi connectivity index (χ0v) is 11.9. The van der Waals surface area contributed by atoms with E-state index in [1.807, 2.05) is 18.1 Å². The van der Waals surface area contributed by atoms with Crippen molar-refractivity contribution in [3.05, 3.63) is 18.2 Å². The second kappa shape index (κ2) is 5.44. The Bertz CT molecular complexity index is 355. The fourth-order valence-corrected chi connectivity index (χ4v) is 2.82. The van der Waals surface area contributed by atoms with Gasteiger partial charge in [-0.2, -0.15) is 11.8 Å². The van der Waals surface area contributed by atoms with Crippen LogP contribution in [0, 0.1) is 0 Å². The van der Waals surface area contributed by atoms with Gasteiger partial charge in [0.25, 0.3) is 0 Å². The van der Waals surface area contributed by atoms with Gasteiger partial charge in [-0.3, -0.25) is 0 Å². The number of aromatic nitrogens is 2. The highest BCUT2D eigenvalue weighted by molar-refractivity contribution is 7.99. The topological polar surface area (TPSA) is 29.9 Å². The number of nitrogens with zero attached hydrogens (tertiary/aromatic N) is 2. The normalized spacial score (nSPS) is 26.3. The smallest absolute Gasteiger partial charge is 0.0948 e. The van der Waals surface area contributed by atoms with Crippen LogP contribution < -0.4 is 5.32 Å². The zero-order chi connectivity index (χ0) is 12.3. The quantitative estimate of drug-likeness (QED) is 0.873. The Kier molecular flexibility index (Phi) is 4.15. The highest BCUT2D eigenvalue weighted by atomic mass is 32.2. The van der Waals surface area contributed by atoms with Gasteiger partial charge >= 0.3 is 0 Å². The van der Waals surface area contributed by atoms with Crippen molar-refractivity contribution in [1.29, 1.82) is 0 Å². The molecule has 0 spiro atoms. The number of thioether (sulfide) groups is 1. The van der Waals surface area contributed by atoms with Gasteiger partial charge in [-0.25, -0.2) is 4.98 Å². The van der Waals surface area contributed by atoms with Crippen LogP contribution in [0.1, 0.15) is 32.4 Å². The molecule has 0 radical (unpaired) electrons. The second-order valence-corrected chi connectivity index (χ2v) is 6.57. The van der Waals surface area contributed by atoms with E-state index in [0.29, 0.717) is 0 Å². The van der Waals surface area contributed by atoms with E-state index in [2.05, 4.69) is 41.2 Å². The van der Waals surface area contributed by atoms with Crippen LogP contribution in [0.4, 0.5) is 0 Å². The summed E-state index contributed by atoms with van der Waals surface area (Å²) in [5.41, 5.74) is 1.68. The number of hydrogen-bond acceptors (Lipinski definition) is 3. The molecule has 3 nitrogen and oxygen atoms in total. The molecule has 1 aromatic heterocycles. The van der Waals surface area contributed by atoms with Gasteiger partial charge in [-0.1, -0.05) is 13.8 Å². The molecule has 0 aliphatic carbocycles. The van der Waals surface area contributed by atoms with E-state index in [1.165, 1.54) is 18.5 Å². The maximum Gasteiger partial charge on any atom is 0.0948 e. The van der Waals surface area contributed by atoms with Crippen LogP contribution >= 0.6 is 11.8 Å². The second-order valence-electron chi connectivity index (χ2n) is 5.29. The van der Waals surface area contributed by atoms with Gasteiger partial charge in [-0.05, 0) is 25.6 Å². The van der Waals surface area contributed by atoms with Crippen LogP contribution in [0.25, 0.3) is 0 Å². The summed E-state index contributed by atoms with van der Waals surface area (Å²) in [6, 6.07) is 0. The molecule has 17 heavy (non-hydrogen) atoms. The van der Waals surface area contributed by atoms with Crippen molar-refractivity contribution in [2.45, 2.75) is 43.9 Å². The number of nitrogens with one attached hydrogen (secondary N) is 1. The van der Waals surface area contributed by atoms with Crippen LogP contribution in [-0.4, -0.2) is 34.1 Å². The van der Waals surface area contributed by atoms with Crippen LogP contribution in [0.2, 0.25) is 0 Å². The minimum atomic E-state index is 0.277. The van der Waals surface area contributed by atoms with Crippen molar-refractivity contribution >= 4 is 11.8 Å². The third-order valence-corrected chi connectivity index (χ3v) is 4.92. The number of aryl methyl sites for hydroxylation is 1. The Balaban J connectivity index is 2.06. The summed E-state index contributed by atoms with van der Waals surface area (Å²) in [6.07, 6.45) is 8.66. The standard InChI is InChI=1S/C13H23N3S/c1-11(17-3)4-7-16-10-15-8-12(16)13(2)5-6-14-9-13/h8,10-11,14H,4-7,9H2,1-3H3. The summed E-state index contributed by atoms with van der Waals surface area (Å²) in [5.74, 6) is 0. The molecule has 2 rings (SSSR count). The average Bonchev–Trinajstić information content (AvgIpc) is 2.95. The maximum atomic E-state index is 4.34. The van der Waals surface area contributed by atoms with E-state index in [0.717, 1.165) is 24.9 Å². The Hall–Kier alpha value is -0.480. The van der Waals surface area contributed by atoms with Crippen molar-refractivity contribution in [1.82, 2.24) is 14.9 Å². The molecule has 0 amide bonds. The molecule has 96 valence electrons. The van der Waals surface area contributed by atoms with Gasteiger partial charge in [0.15, 0.2) is 0 Å². The maximum absolute atomic E-state index is 4.34. The summed E-state index contributed by atoms with van der Waals surface area (Å²) < 4.78 is 2.35. The van der Waals surface area contributed by atoms with Crippen LogP contribution in [0.15, 0.2) is 12.5 Å². The fraction of sp³-hybridized carbons (Fsp3) is 0.769. The van der Waals surface area contributed by atoms with E-state index in [9.17, 15) is 0 Å². The van der Waals surface area contributed by atoms with E-state index < -0.39 is 0 Å². The lowest BCUT2D eigenvalue weighted by Crippen LogP contribution is -2.28. The molecular weight excluding hydrogens is 230 g/mol. The van der Waals surface area contributed by atoms with Gasteiger partial charge in [0.2, 0.25) is 0 Å². The molecule has 0 bridgehead atoms. The molecule has 2 heterocycles. The molecule has 0 saturated carbocycles. The van der Waals surface area contributed by atoms with E-state index in [1.54, 1.807) is 0 Å². The van der Waals surface area contributed by atoms with Crippen molar-refractivity contribution in [3.63, 3.8) is 0 Å². The molecule has 1 aliphatic rings. The summed E-state index contributed by atoms with van der Waals surface area (Å²) in [4.78, 5) is 4.34. The lowest BCUT2D eigenvalue weighted by molar-refractivity contribution is 0.466. The third kappa shape index (κ3) is 2.86. The first-order valence-corrected chi connectivity index (χ1v) is 7.68. The molecule has 4 heteroatoms. The molecule has 2 atom stereocenters. The van der Waals surface area contributed by atoms with Crippen molar-refractivity contribution in [2.24, 2.45) is 0 Å².